The lowest BCUT2D eigenvalue weighted by molar-refractivity contribution is -0.394. The van der Waals surface area contributed by atoms with Gasteiger partial charge in [-0.2, -0.15) is 0 Å². The predicted molar refractivity (Wildman–Crippen MR) is 153 cm³/mol. The van der Waals surface area contributed by atoms with E-state index in [1.54, 1.807) is 0 Å². The first-order valence-corrected chi connectivity index (χ1v) is 13.6. The fraction of sp³-hybridized carbons (Fsp3) is 0.138. The number of ether oxygens (including phenoxy) is 1. The molecule has 2 heterocycles. The number of esters is 1. The topological polar surface area (TPSA) is 162 Å². The second-order valence-corrected chi connectivity index (χ2v) is 10.3. The molecular formula is C29H22N4O8S. The lowest BCUT2D eigenvalue weighted by Gasteiger charge is -2.49. The van der Waals surface area contributed by atoms with Gasteiger partial charge in [-0.15, -0.1) is 11.8 Å². The maximum Gasteiger partial charge on any atom is 0.356 e. The van der Waals surface area contributed by atoms with Crippen LogP contribution >= 0.6 is 11.8 Å². The molecule has 3 aromatic carbocycles. The van der Waals surface area contributed by atoms with E-state index in [2.05, 4.69) is 5.32 Å². The molecule has 13 heteroatoms. The maximum absolute atomic E-state index is 13.9. The number of nitro benzene ring substituents is 2. The highest BCUT2D eigenvalue weighted by Crippen LogP contribution is 2.42. The van der Waals surface area contributed by atoms with Gasteiger partial charge in [0.25, 0.3) is 17.3 Å². The lowest BCUT2D eigenvalue weighted by atomic mass is 10.0. The minimum absolute atomic E-state index is 0.0506. The van der Waals surface area contributed by atoms with E-state index in [0.717, 1.165) is 12.1 Å². The Balaban J connectivity index is 1.55. The van der Waals surface area contributed by atoms with Gasteiger partial charge in [-0.05, 0) is 28.8 Å². The van der Waals surface area contributed by atoms with Gasteiger partial charge in [0.05, 0.1) is 21.5 Å². The number of hydrogen-bond donors (Lipinski definition) is 1. The van der Waals surface area contributed by atoms with Crippen LogP contribution in [0.15, 0.2) is 96.2 Å². The second kappa shape index (κ2) is 12.1. The SMILES string of the molecule is O=CN[C@@H]1C(=O)N2C(C(=O)OC(c3ccccc3)c3ccccc3)=C(C=Cc3ccc([N+](=O)[O-])cc3[N+](=O)[O-])CS[C@H]12. The third-order valence-corrected chi connectivity index (χ3v) is 8.06. The third kappa shape index (κ3) is 5.49. The van der Waals surface area contributed by atoms with Crippen molar-refractivity contribution in [3.05, 3.63) is 133 Å². The molecule has 2 aliphatic heterocycles. The number of fused-ring (bicyclic) bond motifs is 1. The summed E-state index contributed by atoms with van der Waals surface area (Å²) in [5.74, 6) is -1.09. The van der Waals surface area contributed by atoms with Crippen molar-refractivity contribution in [3.63, 3.8) is 0 Å². The number of benzene rings is 3. The Morgan fingerprint density at radius 1 is 0.976 bits per heavy atom. The van der Waals surface area contributed by atoms with Crippen molar-refractivity contribution in [3.8, 4) is 0 Å². The van der Waals surface area contributed by atoms with E-state index in [-0.39, 0.29) is 17.0 Å². The normalized spacial score (nSPS) is 17.9. The number of rotatable bonds is 10. The van der Waals surface area contributed by atoms with Crippen molar-refractivity contribution < 1.29 is 29.0 Å². The summed E-state index contributed by atoms with van der Waals surface area (Å²) in [6.07, 6.45) is 2.44. The van der Waals surface area contributed by atoms with Crippen molar-refractivity contribution >= 4 is 47.5 Å². The van der Waals surface area contributed by atoms with Crippen molar-refractivity contribution in [2.75, 3.05) is 5.75 Å². The Morgan fingerprint density at radius 3 is 2.19 bits per heavy atom. The monoisotopic (exact) mass is 586 g/mol. The van der Waals surface area contributed by atoms with Crippen molar-refractivity contribution in [2.24, 2.45) is 0 Å². The molecule has 2 atom stereocenters. The highest BCUT2D eigenvalue weighted by Gasteiger charge is 2.53. The Kier molecular flexibility index (Phi) is 8.11. The van der Waals surface area contributed by atoms with Gasteiger partial charge in [0.1, 0.15) is 17.1 Å². The average Bonchev–Trinajstić information content (AvgIpc) is 3.01. The van der Waals surface area contributed by atoms with Crippen LogP contribution in [-0.2, 0) is 19.1 Å². The molecule has 1 saturated heterocycles. The molecule has 1 fully saturated rings. The smallest absolute Gasteiger partial charge is 0.356 e. The van der Waals surface area contributed by atoms with Crippen molar-refractivity contribution in [1.29, 1.82) is 0 Å². The Bertz CT molecular complexity index is 1590. The van der Waals surface area contributed by atoms with Crippen LogP contribution in [0.2, 0.25) is 0 Å². The molecule has 0 bridgehead atoms. The minimum atomic E-state index is -0.823. The van der Waals surface area contributed by atoms with E-state index in [4.69, 9.17) is 4.74 Å². The average molecular weight is 587 g/mol. The van der Waals surface area contributed by atoms with Gasteiger partial charge >= 0.3 is 5.97 Å². The molecular weight excluding hydrogens is 564 g/mol. The number of amides is 2. The summed E-state index contributed by atoms with van der Waals surface area (Å²) in [4.78, 5) is 60.6. The quantitative estimate of drug-likeness (QED) is 0.121. The summed E-state index contributed by atoms with van der Waals surface area (Å²) < 4.78 is 6.04. The number of non-ortho nitro benzene ring substituents is 1. The van der Waals surface area contributed by atoms with Crippen LogP contribution in [0.4, 0.5) is 11.4 Å². The molecule has 0 radical (unpaired) electrons. The lowest BCUT2D eigenvalue weighted by Crippen LogP contribution is -2.69. The fourth-order valence-corrected chi connectivity index (χ4v) is 6.07. The van der Waals surface area contributed by atoms with E-state index in [1.807, 2.05) is 60.7 Å². The Hall–Kier alpha value is -5.30. The van der Waals surface area contributed by atoms with Crippen LogP contribution in [0.5, 0.6) is 0 Å². The summed E-state index contributed by atoms with van der Waals surface area (Å²) in [5, 5.41) is 24.7. The van der Waals surface area contributed by atoms with Gasteiger partial charge in [-0.1, -0.05) is 66.7 Å². The first-order valence-electron chi connectivity index (χ1n) is 12.6. The van der Waals surface area contributed by atoms with Crippen LogP contribution in [0.3, 0.4) is 0 Å². The number of nitrogens with one attached hydrogen (secondary N) is 1. The van der Waals surface area contributed by atoms with Crippen LogP contribution in [0.25, 0.3) is 6.08 Å². The molecule has 0 aliphatic carbocycles. The highest BCUT2D eigenvalue weighted by atomic mass is 32.2. The standard InChI is InChI=1S/C29H22N4O8S/c34-17-30-24-27(35)31-25(29(36)41-26(19-7-3-1-4-8-19)20-9-5-2-6-10-20)21(16-42-28(24)31)12-11-18-13-14-22(32(37)38)15-23(18)33(39)40/h1-15,17,24,26,28H,16H2,(H,30,34)/t24-,28-/m1/s1. The molecule has 0 spiro atoms. The largest absolute Gasteiger partial charge is 0.448 e. The molecule has 42 heavy (non-hydrogen) atoms. The summed E-state index contributed by atoms with van der Waals surface area (Å²) in [7, 11) is 0. The molecule has 3 aromatic rings. The molecule has 5 rings (SSSR count). The van der Waals surface area contributed by atoms with Crippen LogP contribution in [-0.4, -0.2) is 50.2 Å². The molecule has 12 nitrogen and oxygen atoms in total. The summed E-state index contributed by atoms with van der Waals surface area (Å²) >= 11 is 1.30. The number of carbonyl (C=O) groups excluding carboxylic acids is 3. The van der Waals surface area contributed by atoms with Gasteiger partial charge < -0.3 is 10.1 Å². The number of β-lactam (4-membered cyclic amide) rings is 1. The zero-order chi connectivity index (χ0) is 29.8. The molecule has 0 aromatic heterocycles. The van der Waals surface area contributed by atoms with Gasteiger partial charge in [0.15, 0.2) is 6.10 Å². The zero-order valence-electron chi connectivity index (χ0n) is 21.7. The van der Waals surface area contributed by atoms with Crippen LogP contribution in [0, 0.1) is 20.2 Å². The van der Waals surface area contributed by atoms with Gasteiger partial charge in [0, 0.05) is 11.8 Å². The van der Waals surface area contributed by atoms with E-state index >= 15 is 0 Å². The van der Waals surface area contributed by atoms with E-state index in [0.29, 0.717) is 23.1 Å². The number of nitro groups is 2. The van der Waals surface area contributed by atoms with Gasteiger partial charge in [-0.25, -0.2) is 4.79 Å². The first kappa shape index (κ1) is 28.2. The molecule has 2 aliphatic rings. The Morgan fingerprint density at radius 2 is 1.62 bits per heavy atom. The summed E-state index contributed by atoms with van der Waals surface area (Å²) in [5.41, 5.74) is 0.847. The van der Waals surface area contributed by atoms with E-state index in [1.165, 1.54) is 34.9 Å². The van der Waals surface area contributed by atoms with Gasteiger partial charge in [0.2, 0.25) is 6.41 Å². The minimum Gasteiger partial charge on any atom is -0.448 e. The number of nitrogens with zero attached hydrogens (tertiary/aromatic N) is 3. The molecule has 212 valence electrons. The molecule has 2 amide bonds. The fourth-order valence-electron chi connectivity index (χ4n) is 4.74. The molecule has 0 unspecified atom stereocenters. The third-order valence-electron chi connectivity index (χ3n) is 6.75. The van der Waals surface area contributed by atoms with Crippen molar-refractivity contribution in [2.45, 2.75) is 17.5 Å². The van der Waals surface area contributed by atoms with E-state index < -0.39 is 50.6 Å². The molecule has 1 N–H and O–H groups in total. The maximum atomic E-state index is 13.9. The molecule has 0 saturated carbocycles. The summed E-state index contributed by atoms with van der Waals surface area (Å²) in [6, 6.07) is 20.6. The Labute approximate surface area is 243 Å². The van der Waals surface area contributed by atoms with Crippen molar-refractivity contribution in [1.82, 2.24) is 10.2 Å². The van der Waals surface area contributed by atoms with Gasteiger partial charge in [-0.3, -0.25) is 34.7 Å². The first-order chi connectivity index (χ1) is 20.3. The van der Waals surface area contributed by atoms with Crippen LogP contribution < -0.4 is 5.32 Å². The number of thioether (sulfide) groups is 1. The zero-order valence-corrected chi connectivity index (χ0v) is 22.5. The summed E-state index contributed by atoms with van der Waals surface area (Å²) in [6.45, 7) is 0. The highest BCUT2D eigenvalue weighted by molar-refractivity contribution is 8.00. The predicted octanol–water partition coefficient (Wildman–Crippen LogP) is 4.13. The van der Waals surface area contributed by atoms with E-state index in [9.17, 15) is 34.6 Å². The number of hydrogen-bond acceptors (Lipinski definition) is 9. The van der Waals surface area contributed by atoms with Crippen LogP contribution in [0.1, 0.15) is 22.8 Å². The second-order valence-electron chi connectivity index (χ2n) is 9.24. The number of allylic oxidation sites excluding steroid dienone is 1. The number of carbonyl (C=O) groups is 3.